The van der Waals surface area contributed by atoms with Crippen LogP contribution in [0.25, 0.3) is 0 Å². The molecule has 2 heterocycles. The molecule has 5 nitrogen and oxygen atoms in total. The lowest BCUT2D eigenvalue weighted by Crippen LogP contribution is -2.09. The van der Waals surface area contributed by atoms with E-state index in [0.717, 1.165) is 12.2 Å². The van der Waals surface area contributed by atoms with Crippen molar-refractivity contribution in [1.82, 2.24) is 10.2 Å². The molecule has 0 radical (unpaired) electrons. The van der Waals surface area contributed by atoms with E-state index < -0.39 is 0 Å². The van der Waals surface area contributed by atoms with E-state index in [2.05, 4.69) is 36.3 Å². The third-order valence-electron chi connectivity index (χ3n) is 2.14. The Morgan fingerprint density at radius 2 is 2.12 bits per heavy atom. The Balaban J connectivity index is 1.90. The highest BCUT2D eigenvalue weighted by Gasteiger charge is 2.16. The molecule has 2 aromatic heterocycles. The van der Waals surface area contributed by atoms with Gasteiger partial charge in [0.1, 0.15) is 5.76 Å². The van der Waals surface area contributed by atoms with E-state index in [4.69, 9.17) is 8.83 Å². The van der Waals surface area contributed by atoms with Crippen molar-refractivity contribution in [1.29, 1.82) is 0 Å². The Hall–Kier alpha value is -1.78. The molecule has 0 aliphatic carbocycles. The van der Waals surface area contributed by atoms with Crippen LogP contribution in [0.4, 0.5) is 6.01 Å². The first-order valence-corrected chi connectivity index (χ1v) is 5.61. The van der Waals surface area contributed by atoms with Crippen molar-refractivity contribution in [3.05, 3.63) is 30.0 Å². The SMILES string of the molecule is CC(C)(C)Cc1nnc(NCc2ccco2)o1. The molecule has 0 saturated heterocycles. The fourth-order valence-corrected chi connectivity index (χ4v) is 1.43. The number of anilines is 1. The number of hydrogen-bond acceptors (Lipinski definition) is 5. The second kappa shape index (κ2) is 4.61. The summed E-state index contributed by atoms with van der Waals surface area (Å²) in [5.41, 5.74) is 0.144. The van der Waals surface area contributed by atoms with Crippen LogP contribution in [0.3, 0.4) is 0 Å². The molecule has 0 aliphatic rings. The zero-order valence-electron chi connectivity index (χ0n) is 10.4. The number of furan rings is 1. The quantitative estimate of drug-likeness (QED) is 0.882. The lowest BCUT2D eigenvalue weighted by molar-refractivity contribution is 0.357. The van der Waals surface area contributed by atoms with Gasteiger partial charge in [-0.1, -0.05) is 25.9 Å². The number of aromatic nitrogens is 2. The minimum absolute atomic E-state index is 0.144. The van der Waals surface area contributed by atoms with Gasteiger partial charge in [0.2, 0.25) is 5.89 Å². The van der Waals surface area contributed by atoms with Crippen LogP contribution in [0, 0.1) is 5.41 Å². The third-order valence-corrected chi connectivity index (χ3v) is 2.14. The fourth-order valence-electron chi connectivity index (χ4n) is 1.43. The van der Waals surface area contributed by atoms with Crippen LogP contribution < -0.4 is 5.32 Å². The van der Waals surface area contributed by atoms with Gasteiger partial charge in [-0.25, -0.2) is 0 Å². The van der Waals surface area contributed by atoms with Crippen molar-refractivity contribution in [3.8, 4) is 0 Å². The smallest absolute Gasteiger partial charge is 0.315 e. The van der Waals surface area contributed by atoms with Gasteiger partial charge >= 0.3 is 6.01 Å². The van der Waals surface area contributed by atoms with Gasteiger partial charge in [-0.05, 0) is 17.5 Å². The monoisotopic (exact) mass is 235 g/mol. The summed E-state index contributed by atoms with van der Waals surface area (Å²) in [5, 5.41) is 10.9. The summed E-state index contributed by atoms with van der Waals surface area (Å²) < 4.78 is 10.7. The van der Waals surface area contributed by atoms with Crippen molar-refractivity contribution in [2.75, 3.05) is 5.32 Å². The molecule has 17 heavy (non-hydrogen) atoms. The molecule has 0 unspecified atom stereocenters. The first kappa shape index (κ1) is 11.7. The number of rotatable bonds is 4. The minimum Gasteiger partial charge on any atom is -0.467 e. The van der Waals surface area contributed by atoms with Gasteiger partial charge in [0.25, 0.3) is 0 Å². The van der Waals surface area contributed by atoms with Crippen LogP contribution in [0.5, 0.6) is 0 Å². The van der Waals surface area contributed by atoms with E-state index in [1.807, 2.05) is 12.1 Å². The predicted octanol–water partition coefficient (Wildman–Crippen LogP) is 2.86. The second-order valence-corrected chi connectivity index (χ2v) is 5.17. The molecule has 5 heteroatoms. The summed E-state index contributed by atoms with van der Waals surface area (Å²) in [6.07, 6.45) is 2.40. The van der Waals surface area contributed by atoms with Crippen LogP contribution >= 0.6 is 0 Å². The zero-order valence-corrected chi connectivity index (χ0v) is 10.4. The van der Waals surface area contributed by atoms with Crippen molar-refractivity contribution in [2.45, 2.75) is 33.7 Å². The van der Waals surface area contributed by atoms with Gasteiger partial charge in [0.15, 0.2) is 0 Å². The Morgan fingerprint density at radius 3 is 2.76 bits per heavy atom. The normalized spacial score (nSPS) is 11.7. The van der Waals surface area contributed by atoms with Gasteiger partial charge in [-0.15, -0.1) is 5.10 Å². The first-order chi connectivity index (χ1) is 8.03. The van der Waals surface area contributed by atoms with Gasteiger partial charge < -0.3 is 14.2 Å². The molecule has 0 saturated carbocycles. The van der Waals surface area contributed by atoms with E-state index in [-0.39, 0.29) is 5.41 Å². The highest BCUT2D eigenvalue weighted by molar-refractivity contribution is 5.18. The van der Waals surface area contributed by atoms with Gasteiger partial charge in [0.05, 0.1) is 12.8 Å². The summed E-state index contributed by atoms with van der Waals surface area (Å²) in [4.78, 5) is 0. The minimum atomic E-state index is 0.144. The van der Waals surface area contributed by atoms with E-state index in [0.29, 0.717) is 18.5 Å². The molecule has 2 aromatic rings. The Labute approximate surface area is 100 Å². The van der Waals surface area contributed by atoms with Crippen LogP contribution in [-0.4, -0.2) is 10.2 Å². The Morgan fingerprint density at radius 1 is 1.29 bits per heavy atom. The maximum Gasteiger partial charge on any atom is 0.315 e. The summed E-state index contributed by atoms with van der Waals surface area (Å²) in [7, 11) is 0. The Kier molecular flexibility index (Phi) is 3.17. The number of nitrogens with zero attached hydrogens (tertiary/aromatic N) is 2. The molecule has 0 bridgehead atoms. The van der Waals surface area contributed by atoms with Crippen LogP contribution in [0.1, 0.15) is 32.4 Å². The maximum absolute atomic E-state index is 5.48. The van der Waals surface area contributed by atoms with Gasteiger partial charge in [-0.3, -0.25) is 0 Å². The van der Waals surface area contributed by atoms with Crippen molar-refractivity contribution >= 4 is 6.01 Å². The fraction of sp³-hybridized carbons (Fsp3) is 0.500. The molecule has 92 valence electrons. The van der Waals surface area contributed by atoms with E-state index >= 15 is 0 Å². The lowest BCUT2D eigenvalue weighted by Gasteiger charge is -2.14. The average Bonchev–Trinajstić information content (AvgIpc) is 2.82. The van der Waals surface area contributed by atoms with Crippen LogP contribution in [0.15, 0.2) is 27.2 Å². The first-order valence-electron chi connectivity index (χ1n) is 5.61. The number of nitrogens with one attached hydrogen (secondary N) is 1. The molecule has 1 N–H and O–H groups in total. The average molecular weight is 235 g/mol. The molecule has 0 atom stereocenters. The standard InChI is InChI=1S/C12H17N3O2/c1-12(2,3)7-10-14-15-11(17-10)13-8-9-5-4-6-16-9/h4-6H,7-8H2,1-3H3,(H,13,15). The van der Waals surface area contributed by atoms with Crippen molar-refractivity contribution in [2.24, 2.45) is 5.41 Å². The lowest BCUT2D eigenvalue weighted by atomic mass is 9.92. The molecule has 0 spiro atoms. The van der Waals surface area contributed by atoms with Gasteiger partial charge in [-0.2, -0.15) is 0 Å². The highest BCUT2D eigenvalue weighted by atomic mass is 16.4. The molecule has 0 fully saturated rings. The predicted molar refractivity (Wildman–Crippen MR) is 63.5 cm³/mol. The molecule has 2 rings (SSSR count). The zero-order chi connectivity index (χ0) is 12.3. The maximum atomic E-state index is 5.48. The highest BCUT2D eigenvalue weighted by Crippen LogP contribution is 2.20. The Bertz CT molecular complexity index is 454. The second-order valence-electron chi connectivity index (χ2n) is 5.17. The largest absolute Gasteiger partial charge is 0.467 e. The van der Waals surface area contributed by atoms with E-state index in [9.17, 15) is 0 Å². The summed E-state index contributed by atoms with van der Waals surface area (Å²) >= 11 is 0. The van der Waals surface area contributed by atoms with Crippen molar-refractivity contribution in [3.63, 3.8) is 0 Å². The van der Waals surface area contributed by atoms with Crippen molar-refractivity contribution < 1.29 is 8.83 Å². The molecular weight excluding hydrogens is 218 g/mol. The molecular formula is C12H17N3O2. The van der Waals surface area contributed by atoms with E-state index in [1.165, 1.54) is 0 Å². The molecule has 0 amide bonds. The molecule has 0 aliphatic heterocycles. The summed E-state index contributed by atoms with van der Waals surface area (Å²) in [5.74, 6) is 1.49. The summed E-state index contributed by atoms with van der Waals surface area (Å²) in [6.45, 7) is 6.94. The van der Waals surface area contributed by atoms with Crippen LogP contribution in [0.2, 0.25) is 0 Å². The van der Waals surface area contributed by atoms with Gasteiger partial charge in [0, 0.05) is 6.42 Å². The topological polar surface area (TPSA) is 64.1 Å². The number of hydrogen-bond donors (Lipinski definition) is 1. The van der Waals surface area contributed by atoms with Crippen LogP contribution in [-0.2, 0) is 13.0 Å². The molecule has 0 aromatic carbocycles. The third kappa shape index (κ3) is 3.62. The summed E-state index contributed by atoms with van der Waals surface area (Å²) in [6, 6.07) is 4.16. The van der Waals surface area contributed by atoms with E-state index in [1.54, 1.807) is 6.26 Å².